The number of esters is 1. The summed E-state index contributed by atoms with van der Waals surface area (Å²) in [5.41, 5.74) is 1.75. The van der Waals surface area contributed by atoms with Crippen molar-refractivity contribution in [1.82, 2.24) is 0 Å². The number of nitrogens with zero attached hydrogens (tertiary/aromatic N) is 2. The van der Waals surface area contributed by atoms with Crippen molar-refractivity contribution in [3.63, 3.8) is 0 Å². The summed E-state index contributed by atoms with van der Waals surface area (Å²) in [6.45, 7) is 6.76. The summed E-state index contributed by atoms with van der Waals surface area (Å²) in [6, 6.07) is 5.64. The van der Waals surface area contributed by atoms with Crippen LogP contribution in [0.5, 0.6) is 0 Å². The molecule has 0 radical (unpaired) electrons. The third kappa shape index (κ3) is 7.86. The number of carbonyl (C=O) groups is 1. The number of rotatable bonds is 6. The highest BCUT2D eigenvalue weighted by atomic mass is 79.9. The summed E-state index contributed by atoms with van der Waals surface area (Å²) in [5.74, 6) is 0.285. The average molecular weight is 415 g/mol. The molecule has 0 aliphatic carbocycles. The Hall–Kier alpha value is -1.63. The van der Waals surface area contributed by atoms with Crippen LogP contribution in [0.25, 0.3) is 0 Å². The van der Waals surface area contributed by atoms with Crippen molar-refractivity contribution in [3.05, 3.63) is 33.1 Å². The molecule has 140 valence electrons. The van der Waals surface area contributed by atoms with Crippen molar-refractivity contribution in [2.75, 3.05) is 31.7 Å². The number of carbonyl (C=O) groups excluding carboxylic acids is 1. The molecule has 0 bridgehead atoms. The van der Waals surface area contributed by atoms with E-state index in [1.54, 1.807) is 0 Å². The van der Waals surface area contributed by atoms with Crippen LogP contribution in [0.3, 0.4) is 0 Å². The molecule has 1 aromatic rings. The molecule has 0 aromatic heterocycles. The van der Waals surface area contributed by atoms with Gasteiger partial charge in [0.15, 0.2) is 5.34 Å². The largest absolute Gasteiger partial charge is 0.465 e. The Morgan fingerprint density at radius 1 is 1.28 bits per heavy atom. The van der Waals surface area contributed by atoms with Crippen LogP contribution in [0.2, 0.25) is 0 Å². The maximum atomic E-state index is 11.4. The first kappa shape index (κ1) is 21.4. The Labute approximate surface area is 157 Å². The van der Waals surface area contributed by atoms with Gasteiger partial charge in [-0.05, 0) is 65.7 Å². The zero-order chi connectivity index (χ0) is 18.7. The van der Waals surface area contributed by atoms with Crippen molar-refractivity contribution in [3.8, 4) is 0 Å². The Kier molecular flexibility index (Phi) is 10.1. The van der Waals surface area contributed by atoms with Gasteiger partial charge in [-0.2, -0.15) is 0 Å². The van der Waals surface area contributed by atoms with Crippen LogP contribution in [0.4, 0.5) is 5.69 Å². The van der Waals surface area contributed by atoms with Gasteiger partial charge < -0.3 is 14.5 Å². The van der Waals surface area contributed by atoms with Crippen LogP contribution in [0.1, 0.15) is 49.9 Å². The fourth-order valence-corrected chi connectivity index (χ4v) is 3.10. The van der Waals surface area contributed by atoms with Crippen molar-refractivity contribution < 1.29 is 14.4 Å². The predicted octanol–water partition coefficient (Wildman–Crippen LogP) is 4.96. The van der Waals surface area contributed by atoms with E-state index in [1.165, 1.54) is 26.4 Å². The van der Waals surface area contributed by atoms with Gasteiger partial charge >= 0.3 is 5.97 Å². The standard InChI is InChI=1S/C13H16BrNO2.C5H11NO2/c1-17-13(16)10-5-6-12(11(14)9-10)15-7-3-2-4-8-15;1-5(2)3-4-8-6-7/h5-6,9H,2-4,7-8H2,1H3;5H,3-4H2,1-2H3. The topological polar surface area (TPSA) is 68.2 Å². The molecule has 0 atom stereocenters. The van der Waals surface area contributed by atoms with Crippen molar-refractivity contribution in [1.29, 1.82) is 0 Å². The van der Waals surface area contributed by atoms with Gasteiger partial charge in [0.05, 0.1) is 18.4 Å². The minimum atomic E-state index is -0.295. The molecule has 2 rings (SSSR count). The van der Waals surface area contributed by atoms with Gasteiger partial charge in [0, 0.05) is 17.6 Å². The quantitative estimate of drug-likeness (QED) is 0.284. The SMILES string of the molecule is CC(C)CCON=O.COC(=O)c1ccc(N2CCCCC2)c(Br)c1. The number of hydrogen-bond acceptors (Lipinski definition) is 6. The Balaban J connectivity index is 0.000000333. The van der Waals surface area contributed by atoms with E-state index in [0.717, 1.165) is 29.7 Å². The number of methoxy groups -OCH3 is 1. The van der Waals surface area contributed by atoms with E-state index in [1.807, 2.05) is 18.2 Å². The third-order valence-electron chi connectivity index (χ3n) is 3.90. The molecular weight excluding hydrogens is 388 g/mol. The fourth-order valence-electron chi connectivity index (χ4n) is 2.47. The van der Waals surface area contributed by atoms with Gasteiger partial charge in [-0.25, -0.2) is 4.79 Å². The molecule has 25 heavy (non-hydrogen) atoms. The minimum Gasteiger partial charge on any atom is -0.465 e. The van der Waals surface area contributed by atoms with Gasteiger partial charge in [0.25, 0.3) is 0 Å². The van der Waals surface area contributed by atoms with E-state index < -0.39 is 0 Å². The van der Waals surface area contributed by atoms with Crippen LogP contribution < -0.4 is 4.90 Å². The molecule has 1 heterocycles. The minimum absolute atomic E-state index is 0.295. The maximum absolute atomic E-state index is 11.4. The Morgan fingerprint density at radius 2 is 1.96 bits per heavy atom. The molecule has 6 nitrogen and oxygen atoms in total. The molecule has 0 amide bonds. The molecule has 0 saturated carbocycles. The Bertz CT molecular complexity index is 546. The molecule has 0 N–H and O–H groups in total. The van der Waals surface area contributed by atoms with Gasteiger partial charge in [-0.3, -0.25) is 0 Å². The smallest absolute Gasteiger partial charge is 0.337 e. The van der Waals surface area contributed by atoms with Crippen molar-refractivity contribution in [2.24, 2.45) is 11.3 Å². The molecule has 0 unspecified atom stereocenters. The Morgan fingerprint density at radius 3 is 2.48 bits per heavy atom. The maximum Gasteiger partial charge on any atom is 0.337 e. The number of benzene rings is 1. The van der Waals surface area contributed by atoms with E-state index in [9.17, 15) is 9.70 Å². The van der Waals surface area contributed by atoms with Crippen LogP contribution >= 0.6 is 15.9 Å². The summed E-state index contributed by atoms with van der Waals surface area (Å²) < 4.78 is 5.66. The first-order chi connectivity index (χ1) is 12.0. The van der Waals surface area contributed by atoms with Crippen LogP contribution in [0, 0.1) is 10.8 Å². The van der Waals surface area contributed by atoms with Crippen molar-refractivity contribution in [2.45, 2.75) is 39.5 Å². The van der Waals surface area contributed by atoms with Gasteiger partial charge in [0.1, 0.15) is 6.61 Å². The van der Waals surface area contributed by atoms with Crippen LogP contribution in [0.15, 0.2) is 28.0 Å². The lowest BCUT2D eigenvalue weighted by atomic mass is 10.1. The molecule has 1 saturated heterocycles. The zero-order valence-corrected chi connectivity index (χ0v) is 16.8. The molecule has 7 heteroatoms. The average Bonchev–Trinajstić information content (AvgIpc) is 2.62. The number of piperidine rings is 1. The lowest BCUT2D eigenvalue weighted by molar-refractivity contribution is 0.0600. The molecule has 1 fully saturated rings. The fraction of sp³-hybridized carbons (Fsp3) is 0.611. The highest BCUT2D eigenvalue weighted by Gasteiger charge is 2.15. The molecule has 1 aromatic carbocycles. The van der Waals surface area contributed by atoms with Gasteiger partial charge in [-0.15, -0.1) is 4.91 Å². The summed E-state index contributed by atoms with van der Waals surface area (Å²) in [7, 11) is 1.40. The van der Waals surface area contributed by atoms with E-state index >= 15 is 0 Å². The monoisotopic (exact) mass is 414 g/mol. The number of ether oxygens (including phenoxy) is 1. The van der Waals surface area contributed by atoms with Gasteiger partial charge in [0.2, 0.25) is 0 Å². The van der Waals surface area contributed by atoms with E-state index in [2.05, 4.69) is 44.9 Å². The molecule has 1 aliphatic heterocycles. The van der Waals surface area contributed by atoms with E-state index in [0.29, 0.717) is 18.1 Å². The summed E-state index contributed by atoms with van der Waals surface area (Å²) >= 11 is 3.53. The number of hydrogen-bond donors (Lipinski definition) is 0. The van der Waals surface area contributed by atoms with Crippen LogP contribution in [-0.4, -0.2) is 32.8 Å². The second-order valence-corrected chi connectivity index (χ2v) is 7.15. The zero-order valence-electron chi connectivity index (χ0n) is 15.2. The highest BCUT2D eigenvalue weighted by Crippen LogP contribution is 2.29. The second-order valence-electron chi connectivity index (χ2n) is 6.30. The lowest BCUT2D eigenvalue weighted by Crippen LogP contribution is -2.29. The third-order valence-corrected chi connectivity index (χ3v) is 4.54. The summed E-state index contributed by atoms with van der Waals surface area (Å²) in [5, 5.41) is 2.26. The normalized spacial score (nSPS) is 13.7. The van der Waals surface area contributed by atoms with Crippen LogP contribution in [-0.2, 0) is 9.57 Å². The molecular formula is C18H27BrN2O4. The van der Waals surface area contributed by atoms with E-state index in [4.69, 9.17) is 4.74 Å². The first-order valence-electron chi connectivity index (χ1n) is 8.57. The summed E-state index contributed by atoms with van der Waals surface area (Å²) in [4.78, 5) is 27.3. The lowest BCUT2D eigenvalue weighted by Gasteiger charge is -2.29. The second kappa shape index (κ2) is 11.8. The molecule has 1 aliphatic rings. The van der Waals surface area contributed by atoms with E-state index in [-0.39, 0.29) is 5.97 Å². The highest BCUT2D eigenvalue weighted by molar-refractivity contribution is 9.10. The van der Waals surface area contributed by atoms with Gasteiger partial charge in [-0.1, -0.05) is 13.8 Å². The number of anilines is 1. The first-order valence-corrected chi connectivity index (χ1v) is 9.36. The van der Waals surface area contributed by atoms with Crippen molar-refractivity contribution >= 4 is 27.6 Å². The molecule has 0 spiro atoms. The predicted molar refractivity (Wildman–Crippen MR) is 103 cm³/mol. The summed E-state index contributed by atoms with van der Waals surface area (Å²) in [6.07, 6.45) is 4.69. The number of halogens is 1.